The molecule has 1 aliphatic carbocycles. The molecule has 1 atom stereocenters. The van der Waals surface area contributed by atoms with E-state index in [1.807, 2.05) is 0 Å². The number of allylic oxidation sites excluding steroid dienone is 1. The van der Waals surface area contributed by atoms with Gasteiger partial charge in [-0.25, -0.2) is 0 Å². The zero-order chi connectivity index (χ0) is 6.16. The van der Waals surface area contributed by atoms with E-state index >= 15 is 0 Å². The first kappa shape index (κ1) is 5.45. The van der Waals surface area contributed by atoms with Crippen LogP contribution < -0.4 is 0 Å². The molecule has 1 aliphatic heterocycles. The first-order valence-corrected chi connectivity index (χ1v) is 3.31. The SMILES string of the molecule is C1=CC2(CC1)COCO2. The molecule has 2 heteroatoms. The van der Waals surface area contributed by atoms with Crippen LogP contribution in [0.5, 0.6) is 0 Å². The van der Waals surface area contributed by atoms with E-state index in [1.165, 1.54) is 0 Å². The Morgan fingerprint density at radius 2 is 2.44 bits per heavy atom. The van der Waals surface area contributed by atoms with Crippen molar-refractivity contribution in [2.24, 2.45) is 0 Å². The van der Waals surface area contributed by atoms with Crippen molar-refractivity contribution in [3.63, 3.8) is 0 Å². The Balaban J connectivity index is 2.13. The average molecular weight is 126 g/mol. The minimum atomic E-state index is -0.0139. The van der Waals surface area contributed by atoms with Gasteiger partial charge in [-0.2, -0.15) is 0 Å². The Bertz CT molecular complexity index is 134. The zero-order valence-corrected chi connectivity index (χ0v) is 5.30. The van der Waals surface area contributed by atoms with Crippen LogP contribution in [0.15, 0.2) is 12.2 Å². The largest absolute Gasteiger partial charge is 0.352 e. The van der Waals surface area contributed by atoms with Crippen LogP contribution in [0.4, 0.5) is 0 Å². The second-order valence-electron chi connectivity index (χ2n) is 2.62. The molecule has 2 rings (SSSR count). The van der Waals surface area contributed by atoms with Gasteiger partial charge in [-0.15, -0.1) is 0 Å². The fourth-order valence-corrected chi connectivity index (χ4v) is 1.36. The predicted octanol–water partition coefficient (Wildman–Crippen LogP) is 1.08. The summed E-state index contributed by atoms with van der Waals surface area (Å²) in [4.78, 5) is 0. The van der Waals surface area contributed by atoms with E-state index in [9.17, 15) is 0 Å². The van der Waals surface area contributed by atoms with Crippen molar-refractivity contribution < 1.29 is 9.47 Å². The first-order valence-electron chi connectivity index (χ1n) is 3.31. The van der Waals surface area contributed by atoms with E-state index in [2.05, 4.69) is 12.2 Å². The van der Waals surface area contributed by atoms with Crippen LogP contribution in [0.3, 0.4) is 0 Å². The summed E-state index contributed by atoms with van der Waals surface area (Å²) in [5.74, 6) is 0. The molecule has 1 unspecified atom stereocenters. The van der Waals surface area contributed by atoms with Crippen LogP contribution >= 0.6 is 0 Å². The van der Waals surface area contributed by atoms with Crippen molar-refractivity contribution in [2.75, 3.05) is 13.4 Å². The maximum atomic E-state index is 5.39. The number of rotatable bonds is 0. The Kier molecular flexibility index (Phi) is 1.10. The van der Waals surface area contributed by atoms with Crippen LogP contribution in [0.25, 0.3) is 0 Å². The highest BCUT2D eigenvalue weighted by molar-refractivity contribution is 5.10. The van der Waals surface area contributed by atoms with Gasteiger partial charge in [-0.05, 0) is 12.8 Å². The van der Waals surface area contributed by atoms with E-state index in [1.54, 1.807) is 0 Å². The smallest absolute Gasteiger partial charge is 0.148 e. The van der Waals surface area contributed by atoms with Crippen LogP contribution in [0.2, 0.25) is 0 Å². The van der Waals surface area contributed by atoms with Gasteiger partial charge in [0.25, 0.3) is 0 Å². The van der Waals surface area contributed by atoms with Crippen molar-refractivity contribution in [1.29, 1.82) is 0 Å². The molecular formula is C7H10O2. The molecule has 0 bridgehead atoms. The van der Waals surface area contributed by atoms with Crippen molar-refractivity contribution >= 4 is 0 Å². The maximum absolute atomic E-state index is 5.39. The number of hydrogen-bond acceptors (Lipinski definition) is 2. The summed E-state index contributed by atoms with van der Waals surface area (Å²) in [6.45, 7) is 1.23. The molecule has 1 heterocycles. The van der Waals surface area contributed by atoms with Crippen LogP contribution in [0, 0.1) is 0 Å². The molecule has 0 saturated carbocycles. The summed E-state index contributed by atoms with van der Waals surface area (Å²) < 4.78 is 10.5. The lowest BCUT2D eigenvalue weighted by molar-refractivity contribution is 0.0174. The van der Waals surface area contributed by atoms with E-state index < -0.39 is 0 Å². The van der Waals surface area contributed by atoms with E-state index in [0.717, 1.165) is 19.4 Å². The zero-order valence-electron chi connectivity index (χ0n) is 5.30. The fraction of sp³-hybridized carbons (Fsp3) is 0.714. The molecule has 9 heavy (non-hydrogen) atoms. The third-order valence-electron chi connectivity index (χ3n) is 1.93. The molecule has 0 aromatic rings. The third kappa shape index (κ3) is 0.787. The molecule has 0 amide bonds. The van der Waals surface area contributed by atoms with Gasteiger partial charge in [0.2, 0.25) is 0 Å². The second-order valence-corrected chi connectivity index (χ2v) is 2.62. The lowest BCUT2D eigenvalue weighted by Crippen LogP contribution is -2.25. The van der Waals surface area contributed by atoms with Gasteiger partial charge in [-0.3, -0.25) is 0 Å². The molecule has 0 N–H and O–H groups in total. The maximum Gasteiger partial charge on any atom is 0.148 e. The lowest BCUT2D eigenvalue weighted by Gasteiger charge is -2.16. The predicted molar refractivity (Wildman–Crippen MR) is 33.0 cm³/mol. The standard InChI is InChI=1S/C7H10O2/c1-2-4-7(3-1)5-8-6-9-7/h1,3H,2,4-6H2. The van der Waals surface area contributed by atoms with Crippen molar-refractivity contribution in [3.05, 3.63) is 12.2 Å². The summed E-state index contributed by atoms with van der Waals surface area (Å²) in [6.07, 6.45) is 6.53. The summed E-state index contributed by atoms with van der Waals surface area (Å²) in [6, 6.07) is 0. The molecular weight excluding hydrogens is 116 g/mol. The van der Waals surface area contributed by atoms with Gasteiger partial charge in [0.05, 0.1) is 6.61 Å². The number of hydrogen-bond donors (Lipinski definition) is 0. The van der Waals surface area contributed by atoms with Crippen LogP contribution in [-0.2, 0) is 9.47 Å². The highest BCUT2D eigenvalue weighted by atomic mass is 16.7. The van der Waals surface area contributed by atoms with E-state index in [0.29, 0.717) is 6.79 Å². The Hall–Kier alpha value is -0.340. The highest BCUT2D eigenvalue weighted by Gasteiger charge is 2.35. The summed E-state index contributed by atoms with van der Waals surface area (Å²) in [5.41, 5.74) is -0.0139. The lowest BCUT2D eigenvalue weighted by atomic mass is 10.1. The summed E-state index contributed by atoms with van der Waals surface area (Å²) in [5, 5.41) is 0. The topological polar surface area (TPSA) is 18.5 Å². The quantitative estimate of drug-likeness (QED) is 0.452. The number of ether oxygens (including phenoxy) is 2. The minimum absolute atomic E-state index is 0.0139. The molecule has 1 fully saturated rings. The molecule has 0 aromatic heterocycles. The van der Waals surface area contributed by atoms with Crippen molar-refractivity contribution in [1.82, 2.24) is 0 Å². The molecule has 0 radical (unpaired) electrons. The minimum Gasteiger partial charge on any atom is -0.352 e. The van der Waals surface area contributed by atoms with Gasteiger partial charge in [0.1, 0.15) is 12.4 Å². The van der Waals surface area contributed by atoms with Gasteiger partial charge < -0.3 is 9.47 Å². The average Bonchev–Trinajstić information content (AvgIpc) is 2.45. The molecule has 50 valence electrons. The normalized spacial score (nSPS) is 40.9. The van der Waals surface area contributed by atoms with E-state index in [4.69, 9.17) is 9.47 Å². The molecule has 2 nitrogen and oxygen atoms in total. The van der Waals surface area contributed by atoms with Crippen molar-refractivity contribution in [2.45, 2.75) is 18.4 Å². The summed E-state index contributed by atoms with van der Waals surface area (Å²) in [7, 11) is 0. The van der Waals surface area contributed by atoms with Gasteiger partial charge in [-0.1, -0.05) is 12.2 Å². The Labute approximate surface area is 54.5 Å². The third-order valence-corrected chi connectivity index (χ3v) is 1.93. The first-order chi connectivity index (χ1) is 4.41. The molecule has 1 saturated heterocycles. The second kappa shape index (κ2) is 1.82. The molecule has 2 aliphatic rings. The molecule has 1 spiro atoms. The van der Waals surface area contributed by atoms with Gasteiger partial charge in [0, 0.05) is 0 Å². The fourth-order valence-electron chi connectivity index (χ4n) is 1.36. The van der Waals surface area contributed by atoms with Crippen molar-refractivity contribution in [3.8, 4) is 0 Å². The summed E-state index contributed by atoms with van der Waals surface area (Å²) >= 11 is 0. The van der Waals surface area contributed by atoms with E-state index in [-0.39, 0.29) is 5.60 Å². The Morgan fingerprint density at radius 1 is 1.44 bits per heavy atom. The monoisotopic (exact) mass is 126 g/mol. The Morgan fingerprint density at radius 3 is 3.00 bits per heavy atom. The van der Waals surface area contributed by atoms with Crippen LogP contribution in [0.1, 0.15) is 12.8 Å². The molecule has 0 aromatic carbocycles. The van der Waals surface area contributed by atoms with Gasteiger partial charge in [0.15, 0.2) is 0 Å². The highest BCUT2D eigenvalue weighted by Crippen LogP contribution is 2.30. The van der Waals surface area contributed by atoms with Crippen LogP contribution in [-0.4, -0.2) is 19.0 Å². The van der Waals surface area contributed by atoms with Gasteiger partial charge >= 0.3 is 0 Å².